The number of piperidine rings is 1. The topological polar surface area (TPSA) is 49.6 Å². The summed E-state index contributed by atoms with van der Waals surface area (Å²) < 4.78 is 2.00. The second kappa shape index (κ2) is 7.79. The molecule has 24 heavy (non-hydrogen) atoms. The number of carbonyl (C=O) groups is 1. The molecule has 0 radical (unpaired) electrons. The minimum absolute atomic E-state index is 0.133. The standard InChI is InChI=1S/C19H28N4O/c1-15(2)22-11-5-6-16(13-22)12-20-19(24)9-8-17-14-23-10-4-3-7-18(23)21-17/h3-4,7,10,14-16H,5-6,8-9,11-13H2,1-2H3,(H,20,24). The maximum atomic E-state index is 12.1. The number of aromatic nitrogens is 2. The molecule has 0 saturated carbocycles. The van der Waals surface area contributed by atoms with E-state index in [1.807, 2.05) is 35.0 Å². The van der Waals surface area contributed by atoms with Crippen molar-refractivity contribution in [2.24, 2.45) is 5.92 Å². The molecule has 1 aliphatic rings. The van der Waals surface area contributed by atoms with Crippen LogP contribution in [0.3, 0.4) is 0 Å². The lowest BCUT2D eigenvalue weighted by molar-refractivity contribution is -0.121. The molecule has 1 unspecified atom stereocenters. The average Bonchev–Trinajstić information content (AvgIpc) is 3.01. The number of pyridine rings is 1. The minimum atomic E-state index is 0.133. The Morgan fingerprint density at radius 1 is 1.42 bits per heavy atom. The van der Waals surface area contributed by atoms with E-state index in [0.717, 1.165) is 24.4 Å². The molecule has 5 nitrogen and oxygen atoms in total. The second-order valence-corrected chi connectivity index (χ2v) is 7.10. The molecule has 130 valence electrons. The van der Waals surface area contributed by atoms with Gasteiger partial charge in [-0.25, -0.2) is 4.98 Å². The molecule has 2 aromatic heterocycles. The van der Waals surface area contributed by atoms with Crippen LogP contribution < -0.4 is 5.32 Å². The van der Waals surface area contributed by atoms with Crippen LogP contribution in [0.25, 0.3) is 5.65 Å². The number of rotatable bonds is 6. The smallest absolute Gasteiger partial charge is 0.220 e. The van der Waals surface area contributed by atoms with Crippen LogP contribution >= 0.6 is 0 Å². The van der Waals surface area contributed by atoms with Gasteiger partial charge in [-0.1, -0.05) is 6.07 Å². The molecule has 1 aliphatic heterocycles. The highest BCUT2D eigenvalue weighted by atomic mass is 16.1. The molecule has 1 N–H and O–H groups in total. The Hall–Kier alpha value is -1.88. The number of nitrogens with zero attached hydrogens (tertiary/aromatic N) is 3. The summed E-state index contributed by atoms with van der Waals surface area (Å²) in [4.78, 5) is 19.2. The van der Waals surface area contributed by atoms with E-state index in [1.165, 1.54) is 19.4 Å². The molecule has 2 aromatic rings. The van der Waals surface area contributed by atoms with Crippen molar-refractivity contribution in [3.8, 4) is 0 Å². The summed E-state index contributed by atoms with van der Waals surface area (Å²) in [6, 6.07) is 6.53. The van der Waals surface area contributed by atoms with Gasteiger partial charge in [-0.3, -0.25) is 4.79 Å². The Labute approximate surface area is 144 Å². The summed E-state index contributed by atoms with van der Waals surface area (Å²) in [6.45, 7) is 7.58. The van der Waals surface area contributed by atoms with Gasteiger partial charge in [0, 0.05) is 37.9 Å². The Balaban J connectivity index is 1.42. The van der Waals surface area contributed by atoms with Gasteiger partial charge in [0.1, 0.15) is 5.65 Å². The normalized spacial score (nSPS) is 19.0. The van der Waals surface area contributed by atoms with Gasteiger partial charge < -0.3 is 14.6 Å². The summed E-state index contributed by atoms with van der Waals surface area (Å²) in [5.74, 6) is 0.717. The van der Waals surface area contributed by atoms with E-state index in [1.54, 1.807) is 0 Å². The Morgan fingerprint density at radius 3 is 3.08 bits per heavy atom. The summed E-state index contributed by atoms with van der Waals surface area (Å²) in [7, 11) is 0. The third-order valence-electron chi connectivity index (χ3n) is 4.89. The van der Waals surface area contributed by atoms with Crippen molar-refractivity contribution in [3.05, 3.63) is 36.3 Å². The zero-order valence-corrected chi connectivity index (χ0v) is 14.7. The SMILES string of the molecule is CC(C)N1CCCC(CNC(=O)CCc2cn3ccccc3n2)C1. The molecule has 1 atom stereocenters. The van der Waals surface area contributed by atoms with Crippen LogP contribution in [-0.2, 0) is 11.2 Å². The van der Waals surface area contributed by atoms with Crippen molar-refractivity contribution in [2.45, 2.75) is 45.6 Å². The second-order valence-electron chi connectivity index (χ2n) is 7.10. The van der Waals surface area contributed by atoms with Crippen molar-refractivity contribution >= 4 is 11.6 Å². The van der Waals surface area contributed by atoms with E-state index >= 15 is 0 Å². The van der Waals surface area contributed by atoms with E-state index < -0.39 is 0 Å². The number of imidazole rings is 1. The molecular formula is C19H28N4O. The van der Waals surface area contributed by atoms with Gasteiger partial charge in [-0.05, 0) is 57.7 Å². The van der Waals surface area contributed by atoms with Gasteiger partial charge in [0.2, 0.25) is 5.91 Å². The van der Waals surface area contributed by atoms with Crippen molar-refractivity contribution in [3.63, 3.8) is 0 Å². The molecule has 3 rings (SSSR count). The lowest BCUT2D eigenvalue weighted by Gasteiger charge is -2.35. The number of hydrogen-bond acceptors (Lipinski definition) is 3. The van der Waals surface area contributed by atoms with Crippen molar-refractivity contribution in [1.29, 1.82) is 0 Å². The number of aryl methyl sites for hydroxylation is 1. The van der Waals surface area contributed by atoms with Gasteiger partial charge in [0.25, 0.3) is 0 Å². The zero-order chi connectivity index (χ0) is 16.9. The maximum Gasteiger partial charge on any atom is 0.220 e. The van der Waals surface area contributed by atoms with E-state index in [9.17, 15) is 4.79 Å². The lowest BCUT2D eigenvalue weighted by atomic mass is 9.97. The summed E-state index contributed by atoms with van der Waals surface area (Å²) in [6.07, 6.45) is 7.64. The molecule has 0 spiro atoms. The number of amides is 1. The van der Waals surface area contributed by atoms with Crippen LogP contribution in [-0.4, -0.2) is 45.9 Å². The fourth-order valence-electron chi connectivity index (χ4n) is 3.43. The lowest BCUT2D eigenvalue weighted by Crippen LogP contribution is -2.43. The number of hydrogen-bond donors (Lipinski definition) is 1. The molecule has 5 heteroatoms. The van der Waals surface area contributed by atoms with Crippen LogP contribution in [0.2, 0.25) is 0 Å². The molecule has 1 amide bonds. The predicted octanol–water partition coefficient (Wildman–Crippen LogP) is 2.50. The first-order valence-electron chi connectivity index (χ1n) is 9.05. The Kier molecular flexibility index (Phi) is 5.51. The van der Waals surface area contributed by atoms with Gasteiger partial charge in [0.05, 0.1) is 5.69 Å². The highest BCUT2D eigenvalue weighted by Gasteiger charge is 2.21. The molecule has 1 saturated heterocycles. The zero-order valence-electron chi connectivity index (χ0n) is 14.7. The molecule has 0 aliphatic carbocycles. The molecular weight excluding hydrogens is 300 g/mol. The molecule has 3 heterocycles. The first kappa shape index (κ1) is 17.0. The van der Waals surface area contributed by atoms with Gasteiger partial charge in [-0.2, -0.15) is 0 Å². The summed E-state index contributed by atoms with van der Waals surface area (Å²) >= 11 is 0. The van der Waals surface area contributed by atoms with Crippen molar-refractivity contribution in [2.75, 3.05) is 19.6 Å². The molecule has 0 aromatic carbocycles. The first-order chi connectivity index (χ1) is 11.6. The summed E-state index contributed by atoms with van der Waals surface area (Å²) in [5.41, 5.74) is 1.91. The fraction of sp³-hybridized carbons (Fsp3) is 0.579. The largest absolute Gasteiger partial charge is 0.356 e. The monoisotopic (exact) mass is 328 g/mol. The van der Waals surface area contributed by atoms with E-state index in [-0.39, 0.29) is 5.91 Å². The van der Waals surface area contributed by atoms with Crippen LogP contribution in [0.1, 0.15) is 38.8 Å². The number of fused-ring (bicyclic) bond motifs is 1. The van der Waals surface area contributed by atoms with Crippen molar-refractivity contribution in [1.82, 2.24) is 19.6 Å². The Bertz CT molecular complexity index is 646. The van der Waals surface area contributed by atoms with Gasteiger partial charge in [-0.15, -0.1) is 0 Å². The number of carbonyl (C=O) groups excluding carboxylic acids is 1. The quantitative estimate of drug-likeness (QED) is 0.886. The maximum absolute atomic E-state index is 12.1. The van der Waals surface area contributed by atoms with Crippen LogP contribution in [0, 0.1) is 5.92 Å². The third-order valence-corrected chi connectivity index (χ3v) is 4.89. The highest BCUT2D eigenvalue weighted by Crippen LogP contribution is 2.17. The summed E-state index contributed by atoms with van der Waals surface area (Å²) in [5, 5.41) is 3.12. The van der Waals surface area contributed by atoms with Crippen LogP contribution in [0.15, 0.2) is 30.6 Å². The van der Waals surface area contributed by atoms with Gasteiger partial charge in [0.15, 0.2) is 0 Å². The van der Waals surface area contributed by atoms with E-state index in [4.69, 9.17) is 0 Å². The predicted molar refractivity (Wildman–Crippen MR) is 96.0 cm³/mol. The average molecular weight is 328 g/mol. The van der Waals surface area contributed by atoms with Gasteiger partial charge >= 0.3 is 0 Å². The van der Waals surface area contributed by atoms with E-state index in [0.29, 0.717) is 24.8 Å². The van der Waals surface area contributed by atoms with Crippen LogP contribution in [0.5, 0.6) is 0 Å². The number of likely N-dealkylation sites (tertiary alicyclic amines) is 1. The number of nitrogens with one attached hydrogen (secondary N) is 1. The third kappa shape index (κ3) is 4.35. The van der Waals surface area contributed by atoms with Crippen molar-refractivity contribution < 1.29 is 4.79 Å². The van der Waals surface area contributed by atoms with Crippen LogP contribution in [0.4, 0.5) is 0 Å². The molecule has 0 bridgehead atoms. The fourth-order valence-corrected chi connectivity index (χ4v) is 3.43. The highest BCUT2D eigenvalue weighted by molar-refractivity contribution is 5.76. The van der Waals surface area contributed by atoms with E-state index in [2.05, 4.69) is 29.0 Å². The first-order valence-corrected chi connectivity index (χ1v) is 9.05. The molecule has 1 fully saturated rings. The Morgan fingerprint density at radius 2 is 2.29 bits per heavy atom. The minimum Gasteiger partial charge on any atom is -0.356 e.